The fraction of sp³-hybridized carbons (Fsp3) is 0.0417. The Labute approximate surface area is 173 Å². The van der Waals surface area contributed by atoms with Crippen LogP contribution in [0.25, 0.3) is 6.08 Å². The number of nitrogens with one attached hydrogen (secondary N) is 1. The summed E-state index contributed by atoms with van der Waals surface area (Å²) < 4.78 is 19.0. The van der Waals surface area contributed by atoms with E-state index in [2.05, 4.69) is 5.32 Å². The zero-order valence-electron chi connectivity index (χ0n) is 16.1. The highest BCUT2D eigenvalue weighted by molar-refractivity contribution is 6.09. The van der Waals surface area contributed by atoms with Gasteiger partial charge in [0.05, 0.1) is 11.3 Å². The molecule has 3 aromatic carbocycles. The Morgan fingerprint density at radius 1 is 1.00 bits per heavy atom. The molecule has 1 N–H and O–H groups in total. The number of ether oxygens (including phenoxy) is 1. The molecule has 30 heavy (non-hydrogen) atoms. The minimum absolute atomic E-state index is 0.0120. The minimum Gasteiger partial charge on any atom is -0.423 e. The highest BCUT2D eigenvalue weighted by atomic mass is 19.1. The molecule has 0 aliphatic heterocycles. The van der Waals surface area contributed by atoms with Gasteiger partial charge < -0.3 is 10.1 Å². The molecule has 0 bridgehead atoms. The first-order valence-electron chi connectivity index (χ1n) is 9.03. The number of amides is 1. The van der Waals surface area contributed by atoms with E-state index in [0.717, 1.165) is 5.56 Å². The number of hydrogen-bond acceptors (Lipinski definition) is 4. The third-order valence-corrected chi connectivity index (χ3v) is 4.18. The number of rotatable bonds is 5. The minimum atomic E-state index is -0.725. The van der Waals surface area contributed by atoms with Crippen LogP contribution in [0.4, 0.5) is 10.1 Å². The van der Waals surface area contributed by atoms with Gasteiger partial charge >= 0.3 is 5.97 Å². The van der Waals surface area contributed by atoms with Crippen molar-refractivity contribution >= 4 is 23.6 Å². The van der Waals surface area contributed by atoms with Gasteiger partial charge in [-0.25, -0.2) is 9.18 Å². The van der Waals surface area contributed by atoms with E-state index in [0.29, 0.717) is 16.9 Å². The first-order valence-corrected chi connectivity index (χ1v) is 9.03. The van der Waals surface area contributed by atoms with Crippen LogP contribution in [-0.2, 0) is 4.79 Å². The van der Waals surface area contributed by atoms with Crippen LogP contribution in [-0.4, -0.2) is 11.9 Å². The van der Waals surface area contributed by atoms with Gasteiger partial charge in [0.1, 0.15) is 23.2 Å². The molecule has 3 aromatic rings. The first kappa shape index (κ1) is 20.5. The van der Waals surface area contributed by atoms with Crippen LogP contribution in [0.1, 0.15) is 21.5 Å². The van der Waals surface area contributed by atoms with Gasteiger partial charge in [-0.05, 0) is 55.0 Å². The highest BCUT2D eigenvalue weighted by Crippen LogP contribution is 2.18. The predicted octanol–water partition coefficient (Wildman–Crippen LogP) is 4.90. The Balaban J connectivity index is 1.69. The van der Waals surface area contributed by atoms with Crippen molar-refractivity contribution in [2.75, 3.05) is 5.32 Å². The van der Waals surface area contributed by atoms with Gasteiger partial charge in [-0.15, -0.1) is 0 Å². The molecule has 0 spiro atoms. The molecule has 0 unspecified atom stereocenters. The topological polar surface area (TPSA) is 79.2 Å². The monoisotopic (exact) mass is 400 g/mol. The maximum Gasteiger partial charge on any atom is 0.343 e. The van der Waals surface area contributed by atoms with Crippen LogP contribution in [0.2, 0.25) is 0 Å². The predicted molar refractivity (Wildman–Crippen MR) is 111 cm³/mol. The normalized spacial score (nSPS) is 10.8. The molecule has 0 radical (unpaired) electrons. The van der Waals surface area contributed by atoms with Crippen LogP contribution in [0, 0.1) is 24.1 Å². The second kappa shape index (κ2) is 9.30. The van der Waals surface area contributed by atoms with Gasteiger partial charge in [-0.2, -0.15) is 5.26 Å². The quantitative estimate of drug-likeness (QED) is 0.286. The zero-order valence-corrected chi connectivity index (χ0v) is 16.1. The summed E-state index contributed by atoms with van der Waals surface area (Å²) in [5, 5.41) is 11.6. The van der Waals surface area contributed by atoms with Gasteiger partial charge in [0.15, 0.2) is 0 Å². The lowest BCUT2D eigenvalue weighted by Crippen LogP contribution is -2.14. The molecule has 5 nitrogen and oxygen atoms in total. The molecule has 1 amide bonds. The number of anilines is 1. The summed E-state index contributed by atoms with van der Waals surface area (Å²) in [4.78, 5) is 24.4. The van der Waals surface area contributed by atoms with Crippen molar-refractivity contribution in [2.24, 2.45) is 0 Å². The summed E-state index contributed by atoms with van der Waals surface area (Å²) in [6.45, 7) is 1.92. The summed E-state index contributed by atoms with van der Waals surface area (Å²) >= 11 is 0. The largest absolute Gasteiger partial charge is 0.423 e. The Morgan fingerprint density at radius 2 is 1.67 bits per heavy atom. The average molecular weight is 400 g/mol. The number of nitrogens with zero attached hydrogens (tertiary/aromatic N) is 1. The van der Waals surface area contributed by atoms with Gasteiger partial charge in [0, 0.05) is 0 Å². The lowest BCUT2D eigenvalue weighted by Gasteiger charge is -2.06. The highest BCUT2D eigenvalue weighted by Gasteiger charge is 2.12. The summed E-state index contributed by atoms with van der Waals surface area (Å²) in [6, 6.07) is 20.8. The van der Waals surface area contributed by atoms with Crippen LogP contribution in [0.3, 0.4) is 0 Å². The van der Waals surface area contributed by atoms with Crippen LogP contribution in [0.15, 0.2) is 78.4 Å². The van der Waals surface area contributed by atoms with E-state index in [1.54, 1.807) is 48.5 Å². The van der Waals surface area contributed by atoms with Crippen molar-refractivity contribution in [1.82, 2.24) is 0 Å². The Morgan fingerprint density at radius 3 is 2.30 bits per heavy atom. The number of para-hydroxylation sites is 1. The number of carbonyl (C=O) groups is 2. The summed E-state index contributed by atoms with van der Waals surface area (Å²) in [5.41, 5.74) is 1.81. The van der Waals surface area contributed by atoms with Crippen molar-refractivity contribution in [3.63, 3.8) is 0 Å². The molecule has 3 rings (SSSR count). The summed E-state index contributed by atoms with van der Waals surface area (Å²) in [6.07, 6.45) is 1.36. The van der Waals surface area contributed by atoms with Crippen molar-refractivity contribution in [3.8, 4) is 11.8 Å². The van der Waals surface area contributed by atoms with Gasteiger partial charge in [0.25, 0.3) is 5.91 Å². The maximum atomic E-state index is 13.7. The van der Waals surface area contributed by atoms with Crippen molar-refractivity contribution in [3.05, 3.63) is 101 Å². The zero-order chi connectivity index (χ0) is 21.5. The number of halogens is 1. The second-order valence-corrected chi connectivity index (χ2v) is 6.43. The molecule has 0 saturated heterocycles. The smallest absolute Gasteiger partial charge is 0.343 e. The Kier molecular flexibility index (Phi) is 6.36. The summed E-state index contributed by atoms with van der Waals surface area (Å²) in [5.74, 6) is -1.48. The molecule has 0 aromatic heterocycles. The molecule has 6 heteroatoms. The number of hydrogen-bond donors (Lipinski definition) is 1. The molecule has 148 valence electrons. The van der Waals surface area contributed by atoms with Crippen molar-refractivity contribution in [1.29, 1.82) is 5.26 Å². The van der Waals surface area contributed by atoms with Crippen molar-refractivity contribution in [2.45, 2.75) is 6.92 Å². The van der Waals surface area contributed by atoms with Gasteiger partial charge in [0.2, 0.25) is 0 Å². The Hall–Kier alpha value is -4.24. The van der Waals surface area contributed by atoms with E-state index in [1.807, 2.05) is 19.1 Å². The lowest BCUT2D eigenvalue weighted by atomic mass is 10.1. The molecule has 0 aliphatic rings. The number of benzene rings is 3. The van der Waals surface area contributed by atoms with E-state index in [1.165, 1.54) is 24.3 Å². The number of carbonyl (C=O) groups excluding carboxylic acids is 2. The summed E-state index contributed by atoms with van der Waals surface area (Å²) in [7, 11) is 0. The number of aryl methyl sites for hydroxylation is 1. The molecule has 0 fully saturated rings. The fourth-order valence-electron chi connectivity index (χ4n) is 2.56. The molecule has 0 saturated carbocycles. The first-order chi connectivity index (χ1) is 14.5. The SMILES string of the molecule is Cc1ccc(C(=O)Oc2ccc(/C=C(\C#N)C(=O)Nc3ccccc3F)cc2)cc1. The van der Waals surface area contributed by atoms with E-state index in [4.69, 9.17) is 4.74 Å². The molecule has 0 atom stereocenters. The third kappa shape index (κ3) is 5.18. The van der Waals surface area contributed by atoms with Crippen LogP contribution < -0.4 is 10.1 Å². The van der Waals surface area contributed by atoms with Gasteiger partial charge in [-0.1, -0.05) is 42.0 Å². The van der Waals surface area contributed by atoms with E-state index in [-0.39, 0.29) is 11.3 Å². The van der Waals surface area contributed by atoms with E-state index < -0.39 is 17.7 Å². The number of esters is 1. The molecule has 0 heterocycles. The molecule has 0 aliphatic carbocycles. The van der Waals surface area contributed by atoms with E-state index in [9.17, 15) is 19.2 Å². The maximum absolute atomic E-state index is 13.7. The lowest BCUT2D eigenvalue weighted by molar-refractivity contribution is -0.112. The standard InChI is InChI=1S/C24H17FN2O3/c1-16-6-10-18(11-7-16)24(29)30-20-12-8-17(9-13-20)14-19(15-26)23(28)27-22-5-3-2-4-21(22)25/h2-14H,1H3,(H,27,28)/b19-14+. The Bertz CT molecular complexity index is 1140. The third-order valence-electron chi connectivity index (χ3n) is 4.18. The van der Waals surface area contributed by atoms with Crippen LogP contribution in [0.5, 0.6) is 5.75 Å². The van der Waals surface area contributed by atoms with Crippen LogP contribution >= 0.6 is 0 Å². The molecular formula is C24H17FN2O3. The second-order valence-electron chi connectivity index (χ2n) is 6.43. The number of nitriles is 1. The molecular weight excluding hydrogens is 383 g/mol. The van der Waals surface area contributed by atoms with Crippen molar-refractivity contribution < 1.29 is 18.7 Å². The average Bonchev–Trinajstić information content (AvgIpc) is 2.75. The fourth-order valence-corrected chi connectivity index (χ4v) is 2.56. The van der Waals surface area contributed by atoms with Gasteiger partial charge in [-0.3, -0.25) is 4.79 Å². The van der Waals surface area contributed by atoms with E-state index >= 15 is 0 Å².